The lowest BCUT2D eigenvalue weighted by Crippen LogP contribution is -2.22. The lowest BCUT2D eigenvalue weighted by molar-refractivity contribution is 0.387. The van der Waals surface area contributed by atoms with E-state index >= 15 is 0 Å². The molecule has 3 nitrogen and oxygen atoms in total. The minimum absolute atomic E-state index is 0.106. The van der Waals surface area contributed by atoms with E-state index in [1.54, 1.807) is 13.3 Å². The predicted molar refractivity (Wildman–Crippen MR) is 77.5 cm³/mol. The Labute approximate surface area is 114 Å². The first-order valence-electron chi connectivity index (χ1n) is 6.55. The molecule has 1 aromatic carbocycles. The number of hydrogen-bond donors (Lipinski definition) is 1. The largest absolute Gasteiger partial charge is 0.481 e. The molecule has 19 heavy (non-hydrogen) atoms. The zero-order chi connectivity index (χ0) is 13.7. The van der Waals surface area contributed by atoms with Crippen LogP contribution in [0.5, 0.6) is 5.88 Å². The lowest BCUT2D eigenvalue weighted by atomic mass is 9.98. The van der Waals surface area contributed by atoms with E-state index in [1.165, 1.54) is 11.1 Å². The molecule has 2 rings (SSSR count). The molecule has 1 heterocycles. The van der Waals surface area contributed by atoms with Crippen molar-refractivity contribution < 1.29 is 4.74 Å². The number of nitrogens with zero attached hydrogens (tertiary/aromatic N) is 1. The predicted octanol–water partition coefficient (Wildman–Crippen LogP) is 3.10. The van der Waals surface area contributed by atoms with Gasteiger partial charge in [0.05, 0.1) is 13.2 Å². The van der Waals surface area contributed by atoms with Gasteiger partial charge in [-0.3, -0.25) is 0 Å². The molecule has 0 radical (unpaired) electrons. The summed E-state index contributed by atoms with van der Waals surface area (Å²) in [5.74, 6) is 0.675. The van der Waals surface area contributed by atoms with Gasteiger partial charge in [0, 0.05) is 11.8 Å². The van der Waals surface area contributed by atoms with Gasteiger partial charge in [-0.25, -0.2) is 4.98 Å². The summed E-state index contributed by atoms with van der Waals surface area (Å²) in [6.45, 7) is 5.08. The summed E-state index contributed by atoms with van der Waals surface area (Å²) in [4.78, 5) is 4.28. The first-order valence-corrected chi connectivity index (χ1v) is 6.55. The normalized spacial score (nSPS) is 12.2. The molecular weight excluding hydrogens is 236 g/mol. The van der Waals surface area contributed by atoms with Crippen molar-refractivity contribution in [2.75, 3.05) is 13.7 Å². The molecule has 2 aromatic rings. The zero-order valence-electron chi connectivity index (χ0n) is 11.7. The van der Waals surface area contributed by atoms with E-state index in [4.69, 9.17) is 4.74 Å². The van der Waals surface area contributed by atoms with Gasteiger partial charge in [0.1, 0.15) is 0 Å². The van der Waals surface area contributed by atoms with Crippen molar-refractivity contribution in [1.82, 2.24) is 10.3 Å². The summed E-state index contributed by atoms with van der Waals surface area (Å²) in [6, 6.07) is 12.7. The smallest absolute Gasteiger partial charge is 0.218 e. The van der Waals surface area contributed by atoms with Gasteiger partial charge in [-0.2, -0.15) is 0 Å². The maximum absolute atomic E-state index is 5.37. The van der Waals surface area contributed by atoms with Gasteiger partial charge >= 0.3 is 0 Å². The summed E-state index contributed by atoms with van der Waals surface area (Å²) in [5, 5.41) is 3.49. The Bertz CT molecular complexity index is 523. The van der Waals surface area contributed by atoms with Crippen LogP contribution in [0.1, 0.15) is 29.7 Å². The summed E-state index contributed by atoms with van der Waals surface area (Å²) < 4.78 is 5.37. The van der Waals surface area contributed by atoms with E-state index in [1.807, 2.05) is 6.07 Å². The van der Waals surface area contributed by atoms with Crippen molar-refractivity contribution in [3.63, 3.8) is 0 Å². The molecule has 0 saturated heterocycles. The fraction of sp³-hybridized carbons (Fsp3) is 0.312. The number of nitrogens with one attached hydrogen (secondary N) is 1. The molecule has 0 aliphatic rings. The minimum Gasteiger partial charge on any atom is -0.481 e. The molecule has 0 saturated carbocycles. The quantitative estimate of drug-likeness (QED) is 0.892. The van der Waals surface area contributed by atoms with Gasteiger partial charge in [0.2, 0.25) is 5.88 Å². The van der Waals surface area contributed by atoms with Gasteiger partial charge in [-0.05, 0) is 25.1 Å². The van der Waals surface area contributed by atoms with Crippen molar-refractivity contribution >= 4 is 0 Å². The van der Waals surface area contributed by atoms with Crippen molar-refractivity contribution in [3.05, 3.63) is 59.3 Å². The number of hydrogen-bond acceptors (Lipinski definition) is 3. The number of benzene rings is 1. The van der Waals surface area contributed by atoms with Crippen LogP contribution in [0.4, 0.5) is 0 Å². The van der Waals surface area contributed by atoms with Crippen molar-refractivity contribution in [3.8, 4) is 5.88 Å². The SMILES string of the molecule is CCNC(c1ccc(C)cc1)c1cccnc1OC. The van der Waals surface area contributed by atoms with Crippen LogP contribution < -0.4 is 10.1 Å². The molecule has 0 spiro atoms. The molecular formula is C16H20N2O. The second-order valence-electron chi connectivity index (χ2n) is 4.50. The fourth-order valence-electron chi connectivity index (χ4n) is 2.16. The Kier molecular flexibility index (Phi) is 4.53. The summed E-state index contributed by atoms with van der Waals surface area (Å²) >= 11 is 0. The number of methoxy groups -OCH3 is 1. The lowest BCUT2D eigenvalue weighted by Gasteiger charge is -2.20. The molecule has 3 heteroatoms. The Morgan fingerprint density at radius 3 is 2.58 bits per heavy atom. The average molecular weight is 256 g/mol. The van der Waals surface area contributed by atoms with Gasteiger partial charge < -0.3 is 10.1 Å². The highest BCUT2D eigenvalue weighted by molar-refractivity contribution is 5.38. The molecule has 100 valence electrons. The highest BCUT2D eigenvalue weighted by Gasteiger charge is 2.17. The molecule has 1 N–H and O–H groups in total. The van der Waals surface area contributed by atoms with Crippen LogP contribution in [0.25, 0.3) is 0 Å². The maximum atomic E-state index is 5.37. The molecule has 0 fully saturated rings. The standard InChI is InChI=1S/C16H20N2O/c1-4-17-15(13-9-7-12(2)8-10-13)14-6-5-11-18-16(14)19-3/h5-11,15,17H,4H2,1-3H3. The highest BCUT2D eigenvalue weighted by atomic mass is 16.5. The first-order chi connectivity index (χ1) is 9.26. The average Bonchev–Trinajstić information content (AvgIpc) is 2.46. The van der Waals surface area contributed by atoms with Crippen molar-refractivity contribution in [2.24, 2.45) is 0 Å². The van der Waals surface area contributed by atoms with E-state index in [-0.39, 0.29) is 6.04 Å². The third kappa shape index (κ3) is 3.12. The van der Waals surface area contributed by atoms with Crippen LogP contribution in [-0.2, 0) is 0 Å². The molecule has 1 atom stereocenters. The second kappa shape index (κ2) is 6.34. The van der Waals surface area contributed by atoms with E-state index in [9.17, 15) is 0 Å². The van der Waals surface area contributed by atoms with Crippen LogP contribution in [0.2, 0.25) is 0 Å². The monoisotopic (exact) mass is 256 g/mol. The molecule has 1 unspecified atom stereocenters. The van der Waals surface area contributed by atoms with Crippen LogP contribution in [-0.4, -0.2) is 18.6 Å². The third-order valence-corrected chi connectivity index (χ3v) is 3.12. The van der Waals surface area contributed by atoms with Gasteiger partial charge in [0.15, 0.2) is 0 Å². The fourth-order valence-corrected chi connectivity index (χ4v) is 2.16. The number of aromatic nitrogens is 1. The zero-order valence-corrected chi connectivity index (χ0v) is 11.7. The van der Waals surface area contributed by atoms with E-state index in [0.29, 0.717) is 5.88 Å². The topological polar surface area (TPSA) is 34.2 Å². The number of pyridine rings is 1. The van der Waals surface area contributed by atoms with Gasteiger partial charge in [0.25, 0.3) is 0 Å². The van der Waals surface area contributed by atoms with Crippen molar-refractivity contribution in [1.29, 1.82) is 0 Å². The minimum atomic E-state index is 0.106. The summed E-state index contributed by atoms with van der Waals surface area (Å²) in [7, 11) is 1.66. The van der Waals surface area contributed by atoms with E-state index < -0.39 is 0 Å². The van der Waals surface area contributed by atoms with E-state index in [2.05, 4.69) is 54.5 Å². The van der Waals surface area contributed by atoms with Crippen LogP contribution >= 0.6 is 0 Å². The van der Waals surface area contributed by atoms with Crippen LogP contribution in [0.15, 0.2) is 42.6 Å². The number of rotatable bonds is 5. The highest BCUT2D eigenvalue weighted by Crippen LogP contribution is 2.28. The molecule has 1 aromatic heterocycles. The Morgan fingerprint density at radius 1 is 1.21 bits per heavy atom. The van der Waals surface area contributed by atoms with Crippen molar-refractivity contribution in [2.45, 2.75) is 19.9 Å². The van der Waals surface area contributed by atoms with Gasteiger partial charge in [-0.15, -0.1) is 0 Å². The molecule has 0 aliphatic heterocycles. The number of ether oxygens (including phenoxy) is 1. The molecule has 0 amide bonds. The summed E-state index contributed by atoms with van der Waals surface area (Å²) in [5.41, 5.74) is 3.55. The Balaban J connectivity index is 2.42. The van der Waals surface area contributed by atoms with Crippen LogP contribution in [0.3, 0.4) is 0 Å². The van der Waals surface area contributed by atoms with Gasteiger partial charge in [-0.1, -0.05) is 42.8 Å². The van der Waals surface area contributed by atoms with E-state index in [0.717, 1.165) is 12.1 Å². The first kappa shape index (κ1) is 13.6. The van der Waals surface area contributed by atoms with Crippen LogP contribution in [0, 0.1) is 6.92 Å². The Morgan fingerprint density at radius 2 is 1.95 bits per heavy atom. The third-order valence-electron chi connectivity index (χ3n) is 3.12. The number of aryl methyl sites for hydroxylation is 1. The second-order valence-corrected chi connectivity index (χ2v) is 4.50. The molecule has 0 aliphatic carbocycles. The Hall–Kier alpha value is -1.87. The summed E-state index contributed by atoms with van der Waals surface area (Å²) in [6.07, 6.45) is 1.75. The maximum Gasteiger partial charge on any atom is 0.218 e. The molecule has 0 bridgehead atoms.